The van der Waals surface area contributed by atoms with Crippen molar-refractivity contribution in [2.75, 3.05) is 0 Å². The minimum absolute atomic E-state index is 0.628. The zero-order valence-corrected chi connectivity index (χ0v) is 28.4. The second-order valence-corrected chi connectivity index (χ2v) is 13.8. The number of benzene rings is 8. The highest BCUT2D eigenvalue weighted by molar-refractivity contribution is 6.17. The molecular weight excluding hydrogens is 649 g/mol. The third-order valence-electron chi connectivity index (χ3n) is 10.9. The van der Waals surface area contributed by atoms with Crippen molar-refractivity contribution in [3.8, 4) is 22.9 Å². The molecule has 4 heterocycles. The van der Waals surface area contributed by atoms with Crippen LogP contribution in [0.3, 0.4) is 0 Å². The van der Waals surface area contributed by atoms with E-state index < -0.39 is 0 Å². The fourth-order valence-electron chi connectivity index (χ4n) is 8.60. The minimum atomic E-state index is 0.628. The van der Waals surface area contributed by atoms with E-state index in [9.17, 15) is 0 Å². The summed E-state index contributed by atoms with van der Waals surface area (Å²) in [4.78, 5) is 10.6. The van der Waals surface area contributed by atoms with Crippen LogP contribution in [-0.4, -0.2) is 19.1 Å². The molecule has 246 valence electrons. The zero-order valence-electron chi connectivity index (χ0n) is 28.4. The molecule has 0 radical (unpaired) electrons. The van der Waals surface area contributed by atoms with Crippen LogP contribution < -0.4 is 0 Å². The van der Waals surface area contributed by atoms with Crippen molar-refractivity contribution in [1.82, 2.24) is 19.1 Å². The summed E-state index contributed by atoms with van der Waals surface area (Å²) < 4.78 is 11.2. The second kappa shape index (κ2) is 10.6. The van der Waals surface area contributed by atoms with Gasteiger partial charge in [-0.15, -0.1) is 0 Å². The maximum atomic E-state index is 6.48. The summed E-state index contributed by atoms with van der Waals surface area (Å²) in [5.74, 6) is 1.46. The predicted octanol–water partition coefficient (Wildman–Crippen LogP) is 12.5. The summed E-state index contributed by atoms with van der Waals surface area (Å²) in [7, 11) is 0. The summed E-state index contributed by atoms with van der Waals surface area (Å²) in [6, 6.07) is 60.1. The van der Waals surface area contributed by atoms with Crippen LogP contribution in [0.1, 0.15) is 0 Å². The molecule has 0 unspecified atom stereocenters. The summed E-state index contributed by atoms with van der Waals surface area (Å²) in [5, 5.41) is 10.3. The molecule has 5 nitrogen and oxygen atoms in total. The van der Waals surface area contributed by atoms with Crippen LogP contribution in [0.4, 0.5) is 0 Å². The first kappa shape index (κ1) is 28.5. The third-order valence-corrected chi connectivity index (χ3v) is 10.9. The lowest BCUT2D eigenvalue weighted by Crippen LogP contribution is -2.03. The van der Waals surface area contributed by atoms with Crippen LogP contribution >= 0.6 is 0 Å². The number of hydrogen-bond acceptors (Lipinski definition) is 3. The Morgan fingerprint density at radius 1 is 0.396 bits per heavy atom. The van der Waals surface area contributed by atoms with Crippen molar-refractivity contribution in [3.05, 3.63) is 170 Å². The molecule has 0 saturated carbocycles. The highest BCUT2D eigenvalue weighted by atomic mass is 16.3. The predicted molar refractivity (Wildman–Crippen MR) is 218 cm³/mol. The molecule has 0 atom stereocenters. The maximum absolute atomic E-state index is 6.48. The number of furan rings is 1. The Bertz CT molecular complexity index is 3420. The van der Waals surface area contributed by atoms with E-state index in [1.54, 1.807) is 0 Å². The largest absolute Gasteiger partial charge is 0.455 e. The Labute approximate surface area is 302 Å². The second-order valence-electron chi connectivity index (χ2n) is 13.8. The fraction of sp³-hybridized carbons (Fsp3) is 0. The van der Waals surface area contributed by atoms with Gasteiger partial charge in [-0.05, 0) is 66.0 Å². The van der Waals surface area contributed by atoms with Gasteiger partial charge in [-0.3, -0.25) is 4.57 Å². The zero-order chi connectivity index (χ0) is 34.6. The molecule has 0 bridgehead atoms. The van der Waals surface area contributed by atoms with Crippen LogP contribution in [0, 0.1) is 0 Å². The molecule has 0 N–H and O–H groups in total. The normalized spacial score (nSPS) is 12.2. The molecule has 53 heavy (non-hydrogen) atoms. The Morgan fingerprint density at radius 2 is 1.00 bits per heavy atom. The van der Waals surface area contributed by atoms with E-state index in [4.69, 9.17) is 14.4 Å². The lowest BCUT2D eigenvalue weighted by Gasteiger charge is -2.14. The van der Waals surface area contributed by atoms with E-state index >= 15 is 0 Å². The molecule has 0 spiro atoms. The number of para-hydroxylation sites is 6. The van der Waals surface area contributed by atoms with Crippen LogP contribution in [0.25, 0.3) is 110 Å². The van der Waals surface area contributed by atoms with Gasteiger partial charge < -0.3 is 8.98 Å². The number of fused-ring (bicyclic) bond motifs is 11. The molecular formula is C48H28N4O. The molecule has 4 aromatic heterocycles. The van der Waals surface area contributed by atoms with Gasteiger partial charge in [0, 0.05) is 43.1 Å². The van der Waals surface area contributed by atoms with Gasteiger partial charge in [0.15, 0.2) is 5.82 Å². The van der Waals surface area contributed by atoms with Crippen LogP contribution in [0.15, 0.2) is 174 Å². The topological polar surface area (TPSA) is 48.8 Å². The van der Waals surface area contributed by atoms with Crippen molar-refractivity contribution in [2.24, 2.45) is 0 Å². The number of rotatable bonds is 3. The van der Waals surface area contributed by atoms with Crippen molar-refractivity contribution >= 4 is 87.2 Å². The summed E-state index contributed by atoms with van der Waals surface area (Å²) in [5.41, 5.74) is 9.13. The van der Waals surface area contributed by atoms with E-state index in [0.717, 1.165) is 66.3 Å². The average molecular weight is 677 g/mol. The van der Waals surface area contributed by atoms with Crippen LogP contribution in [-0.2, 0) is 0 Å². The van der Waals surface area contributed by atoms with Gasteiger partial charge in [0.05, 0.1) is 38.8 Å². The number of nitrogens with zero attached hydrogens (tertiary/aromatic N) is 4. The average Bonchev–Trinajstić information content (AvgIpc) is 3.87. The van der Waals surface area contributed by atoms with Crippen molar-refractivity contribution in [3.63, 3.8) is 0 Å². The van der Waals surface area contributed by atoms with Crippen molar-refractivity contribution in [2.45, 2.75) is 0 Å². The first-order chi connectivity index (χ1) is 26.3. The van der Waals surface area contributed by atoms with Crippen LogP contribution in [0.5, 0.6) is 0 Å². The van der Waals surface area contributed by atoms with Gasteiger partial charge in [-0.25, -0.2) is 9.97 Å². The summed E-state index contributed by atoms with van der Waals surface area (Å²) in [6.07, 6.45) is 0. The smallest absolute Gasteiger partial charge is 0.165 e. The first-order valence-electron chi connectivity index (χ1n) is 17.9. The number of aromatic nitrogens is 4. The molecule has 0 fully saturated rings. The Balaban J connectivity index is 1.16. The van der Waals surface area contributed by atoms with Crippen LogP contribution in [0.2, 0.25) is 0 Å². The molecule has 0 amide bonds. The Hall–Kier alpha value is -7.24. The molecule has 5 heteroatoms. The lowest BCUT2D eigenvalue weighted by molar-refractivity contribution is 0.669. The Morgan fingerprint density at radius 3 is 1.77 bits per heavy atom. The third kappa shape index (κ3) is 3.96. The molecule has 8 aromatic carbocycles. The molecule has 0 aliphatic heterocycles. The van der Waals surface area contributed by atoms with E-state index in [-0.39, 0.29) is 0 Å². The maximum Gasteiger partial charge on any atom is 0.165 e. The standard InChI is InChI=1S/C48H28N4O/c1-6-21-39-35(18-1)48(50-47(49-39)36-20-12-19-34-33-17-5-10-26-45(33)53-46(34)36)52-42-24-9-4-16-32(42)38-28-37-29(27-44(38)52)13-11-25-43(37)51-40-22-7-2-14-30(40)31-15-3-8-23-41(31)51/h1-28H. The number of hydrogen-bond donors (Lipinski definition) is 0. The SMILES string of the molecule is c1cc(-n2c3ccccc3c3ccccc32)c2cc3c4ccccc4n(-c4nc(-c5cccc6c5oc5ccccc56)nc5ccccc45)c3cc2c1. The molecule has 12 aromatic rings. The highest BCUT2D eigenvalue weighted by Crippen LogP contribution is 2.41. The summed E-state index contributed by atoms with van der Waals surface area (Å²) in [6.45, 7) is 0. The van der Waals surface area contributed by atoms with Crippen molar-refractivity contribution < 1.29 is 4.42 Å². The van der Waals surface area contributed by atoms with Gasteiger partial charge >= 0.3 is 0 Å². The molecule has 0 aliphatic rings. The Kier molecular flexibility index (Phi) is 5.71. The van der Waals surface area contributed by atoms with E-state index in [1.165, 1.54) is 38.0 Å². The molecule has 0 saturated heterocycles. The van der Waals surface area contributed by atoms with E-state index in [0.29, 0.717) is 5.82 Å². The van der Waals surface area contributed by atoms with E-state index in [1.807, 2.05) is 24.3 Å². The lowest BCUT2D eigenvalue weighted by atomic mass is 10.0. The first-order valence-corrected chi connectivity index (χ1v) is 17.9. The van der Waals surface area contributed by atoms with Crippen molar-refractivity contribution in [1.29, 1.82) is 0 Å². The fourth-order valence-corrected chi connectivity index (χ4v) is 8.60. The summed E-state index contributed by atoms with van der Waals surface area (Å²) >= 11 is 0. The van der Waals surface area contributed by atoms with Gasteiger partial charge in [-0.2, -0.15) is 0 Å². The van der Waals surface area contributed by atoms with Gasteiger partial charge in [-0.1, -0.05) is 109 Å². The van der Waals surface area contributed by atoms with Gasteiger partial charge in [0.25, 0.3) is 0 Å². The van der Waals surface area contributed by atoms with Gasteiger partial charge in [0.1, 0.15) is 17.0 Å². The minimum Gasteiger partial charge on any atom is -0.455 e. The quantitative estimate of drug-likeness (QED) is 0.187. The molecule has 0 aliphatic carbocycles. The van der Waals surface area contributed by atoms with Gasteiger partial charge in [0.2, 0.25) is 0 Å². The monoisotopic (exact) mass is 676 g/mol. The molecule has 12 rings (SSSR count). The van der Waals surface area contributed by atoms with E-state index in [2.05, 4.69) is 155 Å². The highest BCUT2D eigenvalue weighted by Gasteiger charge is 2.21.